The highest BCUT2D eigenvalue weighted by Crippen LogP contribution is 2.45. The Morgan fingerprint density at radius 3 is 0.810 bits per heavy atom. The van der Waals surface area contributed by atoms with E-state index in [1.54, 1.807) is 0 Å². The summed E-state index contributed by atoms with van der Waals surface area (Å²) in [5, 5.41) is 10.6. The summed E-state index contributed by atoms with van der Waals surface area (Å²) < 4.78 is 68.5. The van der Waals surface area contributed by atoms with Crippen LogP contribution in [0, 0.1) is 0 Å². The van der Waals surface area contributed by atoms with Gasteiger partial charge in [0, 0.05) is 25.7 Å². The summed E-state index contributed by atoms with van der Waals surface area (Å²) in [6.45, 7) is 4.81. The standard InChI is InChI=1S/C81H146O17P2/c1-5-9-13-17-21-25-29-33-36-37-40-43-46-50-54-58-62-66-79(84)92-71-76(97-80(85)67-63-59-55-51-47-41-32-28-24-20-16-12-8-4)73-95-99(87,88)93-69-75(82)70-94-100(89,90)96-74-77(98-81(86)68-64-60-56-52-48-44-39-35-31-27-23-19-15-11-7-3)72-91-78(83)65-61-57-53-49-45-42-38-34-30-26-22-18-14-10-6-2/h21-22,25-26,33-34,36,38,40,43,50,54,75-77,82H,5-20,23-24,27-32,35,37,39,41-42,44-49,51-53,55-74H2,1-4H3,(H,87,88)(H,89,90)/b25-21-,26-22-,36-33-,38-34-,43-40-,54-50-/t75-,76-,77-/m1/s1. The molecule has 3 N–H and O–H groups in total. The first-order valence-corrected chi connectivity index (χ1v) is 43.2. The third-order valence-electron chi connectivity index (χ3n) is 17.2. The molecule has 0 aliphatic rings. The lowest BCUT2D eigenvalue weighted by atomic mass is 10.0. The van der Waals surface area contributed by atoms with E-state index in [4.69, 9.17) is 37.0 Å². The van der Waals surface area contributed by atoms with Crippen molar-refractivity contribution in [3.8, 4) is 0 Å². The summed E-state index contributed by atoms with van der Waals surface area (Å²) in [5.74, 6) is -2.22. The summed E-state index contributed by atoms with van der Waals surface area (Å²) in [7, 11) is -9.96. The highest BCUT2D eigenvalue weighted by molar-refractivity contribution is 7.47. The van der Waals surface area contributed by atoms with Gasteiger partial charge in [-0.1, -0.05) is 312 Å². The number of ether oxygens (including phenoxy) is 4. The van der Waals surface area contributed by atoms with Crippen LogP contribution in [-0.4, -0.2) is 96.7 Å². The van der Waals surface area contributed by atoms with Crippen LogP contribution in [0.2, 0.25) is 0 Å². The van der Waals surface area contributed by atoms with Crippen molar-refractivity contribution in [3.63, 3.8) is 0 Å². The molecule has 100 heavy (non-hydrogen) atoms. The maximum absolute atomic E-state index is 13.1. The molecule has 0 rings (SSSR count). The van der Waals surface area contributed by atoms with Crippen LogP contribution in [0.25, 0.3) is 0 Å². The fourth-order valence-electron chi connectivity index (χ4n) is 11.0. The lowest BCUT2D eigenvalue weighted by Gasteiger charge is -2.21. The van der Waals surface area contributed by atoms with Crippen LogP contribution in [0.1, 0.15) is 362 Å². The molecule has 5 atom stereocenters. The topological polar surface area (TPSA) is 237 Å². The first kappa shape index (κ1) is 96.5. The van der Waals surface area contributed by atoms with Gasteiger partial charge in [0.2, 0.25) is 0 Å². The molecule has 0 saturated heterocycles. The van der Waals surface area contributed by atoms with Crippen molar-refractivity contribution in [2.45, 2.75) is 380 Å². The number of aliphatic hydroxyl groups excluding tert-OH is 1. The molecule has 0 saturated carbocycles. The summed E-state index contributed by atoms with van der Waals surface area (Å²) in [6, 6.07) is 0. The zero-order valence-corrected chi connectivity index (χ0v) is 65.4. The van der Waals surface area contributed by atoms with E-state index in [1.807, 2.05) is 12.2 Å². The van der Waals surface area contributed by atoms with Crippen LogP contribution in [0.3, 0.4) is 0 Å². The van der Waals surface area contributed by atoms with Gasteiger partial charge in [-0.05, 0) is 96.3 Å². The van der Waals surface area contributed by atoms with E-state index in [-0.39, 0.29) is 25.7 Å². The molecule has 0 aromatic rings. The highest BCUT2D eigenvalue weighted by Gasteiger charge is 2.30. The fourth-order valence-corrected chi connectivity index (χ4v) is 12.6. The highest BCUT2D eigenvalue weighted by atomic mass is 31.2. The number of phosphoric acid groups is 2. The maximum atomic E-state index is 13.1. The van der Waals surface area contributed by atoms with Crippen molar-refractivity contribution >= 4 is 39.5 Å². The number of carbonyl (C=O) groups excluding carboxylic acids is 4. The van der Waals surface area contributed by atoms with Crippen molar-refractivity contribution in [2.75, 3.05) is 39.6 Å². The van der Waals surface area contributed by atoms with Gasteiger partial charge in [0.1, 0.15) is 19.3 Å². The third-order valence-corrected chi connectivity index (χ3v) is 19.1. The lowest BCUT2D eigenvalue weighted by molar-refractivity contribution is -0.161. The van der Waals surface area contributed by atoms with Crippen molar-refractivity contribution in [2.24, 2.45) is 0 Å². The third kappa shape index (κ3) is 72.8. The molecule has 0 fully saturated rings. The number of hydrogen-bond acceptors (Lipinski definition) is 15. The molecule has 0 heterocycles. The summed E-state index contributed by atoms with van der Waals surface area (Å²) in [6.07, 6.45) is 74.5. The molecule has 0 aromatic heterocycles. The van der Waals surface area contributed by atoms with Gasteiger partial charge in [0.15, 0.2) is 12.2 Å². The predicted molar refractivity (Wildman–Crippen MR) is 409 cm³/mol. The van der Waals surface area contributed by atoms with Crippen molar-refractivity contribution in [1.82, 2.24) is 0 Å². The summed E-state index contributed by atoms with van der Waals surface area (Å²) >= 11 is 0. The molecule has 0 aliphatic carbocycles. The zero-order valence-electron chi connectivity index (χ0n) is 63.6. The van der Waals surface area contributed by atoms with Gasteiger partial charge in [-0.25, -0.2) is 9.13 Å². The van der Waals surface area contributed by atoms with Crippen LogP contribution in [-0.2, 0) is 65.4 Å². The molecule has 0 aromatic carbocycles. The number of aliphatic hydroxyl groups is 1. The van der Waals surface area contributed by atoms with Crippen LogP contribution >= 0.6 is 15.6 Å². The minimum Gasteiger partial charge on any atom is -0.462 e. The second-order valence-electron chi connectivity index (χ2n) is 27.0. The molecular formula is C81H146O17P2. The summed E-state index contributed by atoms with van der Waals surface area (Å²) in [5.41, 5.74) is 0. The maximum Gasteiger partial charge on any atom is 0.472 e. The van der Waals surface area contributed by atoms with E-state index < -0.39 is 97.5 Å². The van der Waals surface area contributed by atoms with E-state index in [9.17, 15) is 43.2 Å². The zero-order chi connectivity index (χ0) is 73.2. The Balaban J connectivity index is 5.37. The van der Waals surface area contributed by atoms with Gasteiger partial charge in [-0.15, -0.1) is 0 Å². The quantitative estimate of drug-likeness (QED) is 0.0169. The Morgan fingerprint density at radius 1 is 0.280 bits per heavy atom. The molecule has 0 spiro atoms. The van der Waals surface area contributed by atoms with E-state index >= 15 is 0 Å². The SMILES string of the molecule is CCCCC/C=C\C/C=C\C/C=C\C/C=C\CCCC(=O)OC[C@H](COP(=O)(O)OC[C@@H](O)COP(=O)(O)OC[C@@H](COC(=O)CCCCCCC/C=C\C/C=C\CCCCC)OC(=O)CCCCCCCCCCCCCCCCC)OC(=O)CCCCCCCCCCCCCCC. The largest absolute Gasteiger partial charge is 0.472 e. The number of phosphoric ester groups is 2. The number of esters is 4. The van der Waals surface area contributed by atoms with Crippen LogP contribution < -0.4 is 0 Å². The average molecular weight is 1450 g/mol. The molecule has 2 unspecified atom stereocenters. The van der Waals surface area contributed by atoms with Crippen LogP contribution in [0.4, 0.5) is 0 Å². The van der Waals surface area contributed by atoms with Gasteiger partial charge in [0.05, 0.1) is 26.4 Å². The number of rotatable bonds is 76. The monoisotopic (exact) mass is 1450 g/mol. The first-order valence-electron chi connectivity index (χ1n) is 40.2. The molecule has 17 nitrogen and oxygen atoms in total. The molecule has 19 heteroatoms. The molecule has 0 aliphatic heterocycles. The second kappa shape index (κ2) is 73.8. The minimum atomic E-state index is -4.98. The Labute approximate surface area is 609 Å². The van der Waals surface area contributed by atoms with Crippen LogP contribution in [0.5, 0.6) is 0 Å². The number of unbranched alkanes of at least 4 members (excludes halogenated alkanes) is 38. The van der Waals surface area contributed by atoms with Gasteiger partial charge < -0.3 is 33.8 Å². The predicted octanol–water partition coefficient (Wildman–Crippen LogP) is 23.2. The van der Waals surface area contributed by atoms with E-state index in [0.29, 0.717) is 32.1 Å². The van der Waals surface area contributed by atoms with E-state index in [0.717, 1.165) is 122 Å². The number of hydrogen-bond donors (Lipinski definition) is 3. The lowest BCUT2D eigenvalue weighted by Crippen LogP contribution is -2.30. The van der Waals surface area contributed by atoms with E-state index in [1.165, 1.54) is 154 Å². The first-order chi connectivity index (χ1) is 48.7. The van der Waals surface area contributed by atoms with Crippen molar-refractivity contribution in [1.29, 1.82) is 0 Å². The summed E-state index contributed by atoms with van der Waals surface area (Å²) in [4.78, 5) is 72.9. The molecule has 0 bridgehead atoms. The molecule has 0 radical (unpaired) electrons. The van der Waals surface area contributed by atoms with E-state index in [2.05, 4.69) is 88.5 Å². The minimum absolute atomic E-state index is 0.0885. The Bertz CT molecular complexity index is 2180. The Morgan fingerprint density at radius 2 is 0.500 bits per heavy atom. The van der Waals surface area contributed by atoms with Gasteiger partial charge in [0.25, 0.3) is 0 Å². The van der Waals surface area contributed by atoms with Crippen molar-refractivity contribution < 1.29 is 80.2 Å². The molecular weight excluding hydrogens is 1310 g/mol. The van der Waals surface area contributed by atoms with Crippen molar-refractivity contribution in [3.05, 3.63) is 72.9 Å². The Kier molecular flexibility index (Phi) is 71.2. The Hall–Kier alpha value is -3.50. The number of allylic oxidation sites excluding steroid dienone is 12. The van der Waals surface area contributed by atoms with Gasteiger partial charge >= 0.3 is 39.5 Å². The average Bonchev–Trinajstić information content (AvgIpc) is 0.965. The fraction of sp³-hybridized carbons (Fsp3) is 0.802. The second-order valence-corrected chi connectivity index (χ2v) is 29.9. The van der Waals surface area contributed by atoms with Gasteiger partial charge in [-0.3, -0.25) is 37.3 Å². The number of carbonyl (C=O) groups is 4. The molecule has 0 amide bonds. The van der Waals surface area contributed by atoms with Gasteiger partial charge in [-0.2, -0.15) is 0 Å². The molecule has 582 valence electrons. The smallest absolute Gasteiger partial charge is 0.462 e. The normalized spacial score (nSPS) is 14.3. The van der Waals surface area contributed by atoms with Crippen LogP contribution in [0.15, 0.2) is 72.9 Å².